The monoisotopic (exact) mass is 242 g/mol. The lowest BCUT2D eigenvalue weighted by Crippen LogP contribution is -2.18. The molecule has 102 valence electrons. The molecule has 0 fully saturated rings. The molecule has 0 aliphatic carbocycles. The van der Waals surface area contributed by atoms with Gasteiger partial charge in [-0.1, -0.05) is 59.3 Å². The van der Waals surface area contributed by atoms with E-state index in [2.05, 4.69) is 6.92 Å². The molecule has 0 saturated heterocycles. The van der Waals surface area contributed by atoms with Crippen molar-refractivity contribution in [1.82, 2.24) is 0 Å². The summed E-state index contributed by atoms with van der Waals surface area (Å²) in [4.78, 5) is 11.3. The molecule has 0 aliphatic heterocycles. The van der Waals surface area contributed by atoms with Gasteiger partial charge in [-0.2, -0.15) is 0 Å². The predicted molar refractivity (Wildman–Crippen MR) is 73.0 cm³/mol. The number of rotatable bonds is 10. The third-order valence-electron chi connectivity index (χ3n) is 3.00. The summed E-state index contributed by atoms with van der Waals surface area (Å²) in [6, 6.07) is 0. The summed E-state index contributed by atoms with van der Waals surface area (Å²) in [7, 11) is 0. The van der Waals surface area contributed by atoms with Crippen molar-refractivity contribution in [2.24, 2.45) is 5.92 Å². The molecule has 0 aromatic heterocycles. The van der Waals surface area contributed by atoms with Crippen LogP contribution in [0.2, 0.25) is 0 Å². The van der Waals surface area contributed by atoms with Gasteiger partial charge in [0.2, 0.25) is 0 Å². The second-order valence-electron chi connectivity index (χ2n) is 5.31. The van der Waals surface area contributed by atoms with E-state index < -0.39 is 0 Å². The molecule has 2 heteroatoms. The molecule has 1 atom stereocenters. The van der Waals surface area contributed by atoms with Gasteiger partial charge in [0.25, 0.3) is 0 Å². The quantitative estimate of drug-likeness (QED) is 0.409. The molecule has 0 amide bonds. The highest BCUT2D eigenvalue weighted by Crippen LogP contribution is 2.12. The Balaban J connectivity index is 3.33. The topological polar surface area (TPSA) is 26.3 Å². The fourth-order valence-corrected chi connectivity index (χ4v) is 1.78. The van der Waals surface area contributed by atoms with Crippen LogP contribution in [-0.4, -0.2) is 12.1 Å². The number of unbranched alkanes of at least 4 members (excludes halogenated alkanes) is 6. The molecule has 0 spiro atoms. The minimum Gasteiger partial charge on any atom is -0.462 e. The maximum absolute atomic E-state index is 11.3. The van der Waals surface area contributed by atoms with Crippen LogP contribution in [0.4, 0.5) is 0 Å². The average Bonchev–Trinajstić information content (AvgIpc) is 2.27. The van der Waals surface area contributed by atoms with E-state index in [9.17, 15) is 4.79 Å². The van der Waals surface area contributed by atoms with E-state index in [0.29, 0.717) is 0 Å². The zero-order valence-corrected chi connectivity index (χ0v) is 12.1. The Labute approximate surface area is 107 Å². The van der Waals surface area contributed by atoms with E-state index in [1.165, 1.54) is 44.9 Å². The third kappa shape index (κ3) is 10.3. The molecule has 0 aromatic carbocycles. The minimum absolute atomic E-state index is 0.00788. The van der Waals surface area contributed by atoms with E-state index in [0.717, 1.165) is 6.42 Å². The molecule has 0 heterocycles. The molecule has 0 rings (SSSR count). The van der Waals surface area contributed by atoms with Crippen LogP contribution in [0.25, 0.3) is 0 Å². The summed E-state index contributed by atoms with van der Waals surface area (Å²) in [6.07, 6.45) is 10.3. The van der Waals surface area contributed by atoms with Gasteiger partial charge in [0.05, 0.1) is 12.0 Å². The third-order valence-corrected chi connectivity index (χ3v) is 3.00. The standard InChI is InChI=1S/C15H30O2/c1-5-6-7-8-9-10-11-12-14(4)17-15(16)13(2)3/h13-14H,5-12H2,1-4H3. The summed E-state index contributed by atoms with van der Waals surface area (Å²) in [5.74, 6) is -0.0769. The van der Waals surface area contributed by atoms with Gasteiger partial charge in [0, 0.05) is 0 Å². The lowest BCUT2D eigenvalue weighted by Gasteiger charge is -2.14. The van der Waals surface area contributed by atoms with Crippen molar-refractivity contribution in [3.63, 3.8) is 0 Å². The number of esters is 1. The van der Waals surface area contributed by atoms with E-state index in [-0.39, 0.29) is 18.0 Å². The van der Waals surface area contributed by atoms with Gasteiger partial charge in [-0.3, -0.25) is 4.79 Å². The van der Waals surface area contributed by atoms with Crippen LogP contribution in [0.5, 0.6) is 0 Å². The van der Waals surface area contributed by atoms with Gasteiger partial charge >= 0.3 is 5.97 Å². The summed E-state index contributed by atoms with van der Waals surface area (Å²) in [5.41, 5.74) is 0. The maximum atomic E-state index is 11.3. The highest BCUT2D eigenvalue weighted by Gasteiger charge is 2.12. The highest BCUT2D eigenvalue weighted by atomic mass is 16.5. The Bertz CT molecular complexity index is 187. The molecule has 0 aliphatic rings. The fraction of sp³-hybridized carbons (Fsp3) is 0.933. The molecule has 0 N–H and O–H groups in total. The predicted octanol–water partition coefficient (Wildman–Crippen LogP) is 4.71. The van der Waals surface area contributed by atoms with Crippen LogP contribution in [0.15, 0.2) is 0 Å². The first-order valence-electron chi connectivity index (χ1n) is 7.28. The van der Waals surface area contributed by atoms with Gasteiger partial charge in [-0.15, -0.1) is 0 Å². The molecular formula is C15H30O2. The molecule has 0 saturated carbocycles. The number of carbonyl (C=O) groups excluding carboxylic acids is 1. The number of hydrogen-bond donors (Lipinski definition) is 0. The molecule has 0 radical (unpaired) electrons. The van der Waals surface area contributed by atoms with Crippen molar-refractivity contribution in [3.05, 3.63) is 0 Å². The maximum Gasteiger partial charge on any atom is 0.308 e. The van der Waals surface area contributed by atoms with Crippen LogP contribution in [0, 0.1) is 5.92 Å². The van der Waals surface area contributed by atoms with Crippen molar-refractivity contribution in [3.8, 4) is 0 Å². The Morgan fingerprint density at radius 2 is 1.47 bits per heavy atom. The highest BCUT2D eigenvalue weighted by molar-refractivity contribution is 5.71. The van der Waals surface area contributed by atoms with Crippen LogP contribution >= 0.6 is 0 Å². The number of hydrogen-bond acceptors (Lipinski definition) is 2. The minimum atomic E-state index is -0.0690. The lowest BCUT2D eigenvalue weighted by molar-refractivity contribution is -0.152. The number of carbonyl (C=O) groups is 1. The molecule has 1 unspecified atom stereocenters. The van der Waals surface area contributed by atoms with Gasteiger partial charge in [-0.25, -0.2) is 0 Å². The Morgan fingerprint density at radius 3 is 2.00 bits per heavy atom. The second-order valence-corrected chi connectivity index (χ2v) is 5.31. The van der Waals surface area contributed by atoms with Crippen LogP contribution in [0.1, 0.15) is 79.1 Å². The van der Waals surface area contributed by atoms with E-state index in [4.69, 9.17) is 4.74 Å². The first kappa shape index (κ1) is 16.5. The van der Waals surface area contributed by atoms with Gasteiger partial charge in [0.15, 0.2) is 0 Å². The van der Waals surface area contributed by atoms with Crippen LogP contribution in [0.3, 0.4) is 0 Å². The summed E-state index contributed by atoms with van der Waals surface area (Å²) < 4.78 is 5.32. The Morgan fingerprint density at radius 1 is 0.941 bits per heavy atom. The molecule has 17 heavy (non-hydrogen) atoms. The second kappa shape index (κ2) is 10.6. The average molecular weight is 242 g/mol. The van der Waals surface area contributed by atoms with E-state index in [1.54, 1.807) is 0 Å². The van der Waals surface area contributed by atoms with Crippen molar-refractivity contribution in [2.75, 3.05) is 0 Å². The largest absolute Gasteiger partial charge is 0.462 e. The lowest BCUT2D eigenvalue weighted by atomic mass is 10.1. The van der Waals surface area contributed by atoms with E-state index in [1.807, 2.05) is 20.8 Å². The molecule has 2 nitrogen and oxygen atoms in total. The smallest absolute Gasteiger partial charge is 0.308 e. The van der Waals surface area contributed by atoms with Crippen molar-refractivity contribution in [2.45, 2.75) is 85.2 Å². The zero-order chi connectivity index (χ0) is 13.1. The zero-order valence-electron chi connectivity index (χ0n) is 12.1. The summed E-state index contributed by atoms with van der Waals surface area (Å²) in [5, 5.41) is 0. The first-order chi connectivity index (χ1) is 8.07. The summed E-state index contributed by atoms with van der Waals surface area (Å²) >= 11 is 0. The van der Waals surface area contributed by atoms with E-state index >= 15 is 0 Å². The van der Waals surface area contributed by atoms with Crippen molar-refractivity contribution >= 4 is 5.97 Å². The molecule has 0 aromatic rings. The fourth-order valence-electron chi connectivity index (χ4n) is 1.78. The van der Waals surface area contributed by atoms with Crippen LogP contribution in [-0.2, 0) is 9.53 Å². The molecular weight excluding hydrogens is 212 g/mol. The Hall–Kier alpha value is -0.530. The van der Waals surface area contributed by atoms with Gasteiger partial charge in [-0.05, 0) is 19.8 Å². The first-order valence-corrected chi connectivity index (χ1v) is 7.28. The molecule has 0 bridgehead atoms. The summed E-state index contributed by atoms with van der Waals surface area (Å²) in [6.45, 7) is 7.99. The Kier molecular flexibility index (Phi) is 10.3. The normalized spacial score (nSPS) is 12.8. The van der Waals surface area contributed by atoms with Gasteiger partial charge in [0.1, 0.15) is 0 Å². The van der Waals surface area contributed by atoms with Crippen LogP contribution < -0.4 is 0 Å². The van der Waals surface area contributed by atoms with Crippen molar-refractivity contribution < 1.29 is 9.53 Å². The van der Waals surface area contributed by atoms with Gasteiger partial charge < -0.3 is 4.74 Å². The SMILES string of the molecule is CCCCCCCCCC(C)OC(=O)C(C)C. The van der Waals surface area contributed by atoms with Crippen molar-refractivity contribution in [1.29, 1.82) is 0 Å². The number of ether oxygens (including phenoxy) is 1.